The zero-order chi connectivity index (χ0) is 15.4. The van der Waals surface area contributed by atoms with E-state index in [0.717, 1.165) is 18.7 Å². The first-order chi connectivity index (χ1) is 10.0. The molecule has 2 N–H and O–H groups in total. The highest BCUT2D eigenvalue weighted by molar-refractivity contribution is 6.30. The maximum absolute atomic E-state index is 5.97. The van der Waals surface area contributed by atoms with Gasteiger partial charge < -0.3 is 15.4 Å². The van der Waals surface area contributed by atoms with Crippen molar-refractivity contribution in [2.45, 2.75) is 20.8 Å². The highest BCUT2D eigenvalue weighted by Crippen LogP contribution is 2.27. The van der Waals surface area contributed by atoms with Crippen molar-refractivity contribution in [3.63, 3.8) is 0 Å². The molecule has 0 radical (unpaired) electrons. The molecule has 6 nitrogen and oxygen atoms in total. The predicted molar refractivity (Wildman–Crippen MR) is 84.1 cm³/mol. The number of anilines is 2. The fourth-order valence-corrected chi connectivity index (χ4v) is 2.00. The normalized spacial score (nSPS) is 10.5. The van der Waals surface area contributed by atoms with Crippen molar-refractivity contribution in [1.82, 2.24) is 15.0 Å². The van der Waals surface area contributed by atoms with Gasteiger partial charge in [0, 0.05) is 18.1 Å². The quantitative estimate of drug-likeness (QED) is 0.914. The van der Waals surface area contributed by atoms with Gasteiger partial charge >= 0.3 is 6.01 Å². The molecule has 2 aromatic rings. The van der Waals surface area contributed by atoms with E-state index in [-0.39, 0.29) is 12.0 Å². The summed E-state index contributed by atoms with van der Waals surface area (Å²) in [4.78, 5) is 14.4. The first-order valence-corrected chi connectivity index (χ1v) is 7.11. The van der Waals surface area contributed by atoms with Gasteiger partial charge in [-0.2, -0.15) is 15.0 Å². The van der Waals surface area contributed by atoms with Crippen LogP contribution in [0, 0.1) is 6.92 Å². The Morgan fingerprint density at radius 2 is 1.90 bits per heavy atom. The summed E-state index contributed by atoms with van der Waals surface area (Å²) in [5.74, 6) is 1.22. The van der Waals surface area contributed by atoms with Gasteiger partial charge in [-0.15, -0.1) is 0 Å². The molecule has 112 valence electrons. The molecule has 0 aliphatic carbocycles. The number of halogens is 1. The maximum atomic E-state index is 5.97. The summed E-state index contributed by atoms with van der Waals surface area (Å²) >= 11 is 5.97. The number of rotatable bonds is 5. The minimum atomic E-state index is 0.126. The van der Waals surface area contributed by atoms with E-state index in [1.807, 2.05) is 31.7 Å². The Hall–Kier alpha value is -2.08. The largest absolute Gasteiger partial charge is 0.424 e. The number of benzene rings is 1. The second kappa shape index (κ2) is 6.58. The smallest absolute Gasteiger partial charge is 0.328 e. The number of nitrogen functional groups attached to an aromatic ring is 1. The Labute approximate surface area is 128 Å². The first kappa shape index (κ1) is 15.3. The molecule has 7 heteroatoms. The van der Waals surface area contributed by atoms with Gasteiger partial charge in [0.1, 0.15) is 5.75 Å². The van der Waals surface area contributed by atoms with E-state index in [9.17, 15) is 0 Å². The third kappa shape index (κ3) is 3.72. The minimum Gasteiger partial charge on any atom is -0.424 e. The second-order valence-electron chi connectivity index (χ2n) is 4.46. The van der Waals surface area contributed by atoms with Crippen LogP contribution in [0.25, 0.3) is 0 Å². The summed E-state index contributed by atoms with van der Waals surface area (Å²) in [6, 6.07) is 5.55. The molecule has 1 heterocycles. The number of hydrogen-bond donors (Lipinski definition) is 1. The summed E-state index contributed by atoms with van der Waals surface area (Å²) < 4.78 is 5.70. The molecule has 1 aromatic heterocycles. The van der Waals surface area contributed by atoms with Crippen molar-refractivity contribution in [3.05, 3.63) is 28.8 Å². The van der Waals surface area contributed by atoms with E-state index >= 15 is 0 Å². The molecule has 2 rings (SSSR count). The van der Waals surface area contributed by atoms with E-state index in [0.29, 0.717) is 16.7 Å². The van der Waals surface area contributed by atoms with Gasteiger partial charge in [0.25, 0.3) is 0 Å². The van der Waals surface area contributed by atoms with Gasteiger partial charge in [-0.05, 0) is 38.5 Å². The summed E-state index contributed by atoms with van der Waals surface area (Å²) in [5, 5.41) is 0.585. The Bertz CT molecular complexity index is 631. The lowest BCUT2D eigenvalue weighted by atomic mass is 10.2. The Balaban J connectivity index is 2.34. The highest BCUT2D eigenvalue weighted by atomic mass is 35.5. The molecular weight excluding hydrogens is 290 g/mol. The van der Waals surface area contributed by atoms with Crippen LogP contribution in [-0.2, 0) is 0 Å². The zero-order valence-corrected chi connectivity index (χ0v) is 13.1. The van der Waals surface area contributed by atoms with E-state index in [1.54, 1.807) is 12.1 Å². The zero-order valence-electron chi connectivity index (χ0n) is 12.3. The van der Waals surface area contributed by atoms with Crippen LogP contribution in [0.1, 0.15) is 19.4 Å². The molecule has 0 atom stereocenters. The first-order valence-electron chi connectivity index (χ1n) is 6.74. The second-order valence-corrected chi connectivity index (χ2v) is 4.90. The topological polar surface area (TPSA) is 77.2 Å². The molecule has 0 fully saturated rings. The number of aromatic nitrogens is 3. The molecule has 21 heavy (non-hydrogen) atoms. The van der Waals surface area contributed by atoms with Crippen LogP contribution in [0.15, 0.2) is 18.2 Å². The van der Waals surface area contributed by atoms with Gasteiger partial charge in [0.2, 0.25) is 11.9 Å². The highest BCUT2D eigenvalue weighted by Gasteiger charge is 2.12. The third-order valence-corrected chi connectivity index (χ3v) is 3.25. The van der Waals surface area contributed by atoms with Crippen LogP contribution < -0.4 is 15.4 Å². The fraction of sp³-hybridized carbons (Fsp3) is 0.357. The molecule has 1 aromatic carbocycles. The Morgan fingerprint density at radius 3 is 2.57 bits per heavy atom. The molecular formula is C14H18ClN5O. The summed E-state index contributed by atoms with van der Waals surface area (Å²) in [7, 11) is 0. The average molecular weight is 308 g/mol. The van der Waals surface area contributed by atoms with Crippen LogP contribution >= 0.6 is 11.6 Å². The van der Waals surface area contributed by atoms with E-state index in [1.165, 1.54) is 0 Å². The van der Waals surface area contributed by atoms with Crippen molar-refractivity contribution in [2.75, 3.05) is 23.7 Å². The van der Waals surface area contributed by atoms with E-state index in [4.69, 9.17) is 22.1 Å². The van der Waals surface area contributed by atoms with Gasteiger partial charge in [0.05, 0.1) is 0 Å². The molecule has 0 amide bonds. The van der Waals surface area contributed by atoms with Crippen molar-refractivity contribution in [1.29, 1.82) is 0 Å². The van der Waals surface area contributed by atoms with Crippen LogP contribution in [-0.4, -0.2) is 28.0 Å². The number of nitrogens with two attached hydrogens (primary N) is 1. The SMILES string of the molecule is CCN(CC)c1nc(N)nc(Oc2cc(Cl)ccc2C)n1. The number of ether oxygens (including phenoxy) is 1. The van der Waals surface area contributed by atoms with E-state index in [2.05, 4.69) is 15.0 Å². The van der Waals surface area contributed by atoms with Crippen LogP contribution in [0.3, 0.4) is 0 Å². The maximum Gasteiger partial charge on any atom is 0.328 e. The molecule has 0 unspecified atom stereocenters. The number of nitrogens with zero attached hydrogens (tertiary/aromatic N) is 4. The van der Waals surface area contributed by atoms with Gasteiger partial charge in [-0.3, -0.25) is 0 Å². The number of aryl methyl sites for hydroxylation is 1. The fourth-order valence-electron chi connectivity index (χ4n) is 1.84. The summed E-state index contributed by atoms with van der Waals surface area (Å²) in [6.07, 6.45) is 0. The molecule has 0 spiro atoms. The Morgan fingerprint density at radius 1 is 1.19 bits per heavy atom. The van der Waals surface area contributed by atoms with Crippen LogP contribution in [0.4, 0.5) is 11.9 Å². The average Bonchev–Trinajstić information content (AvgIpc) is 2.44. The van der Waals surface area contributed by atoms with Gasteiger partial charge in [0.15, 0.2) is 0 Å². The molecule has 0 aliphatic rings. The lowest BCUT2D eigenvalue weighted by Crippen LogP contribution is -2.25. The van der Waals surface area contributed by atoms with Crippen molar-refractivity contribution >= 4 is 23.5 Å². The van der Waals surface area contributed by atoms with Crippen LogP contribution in [0.2, 0.25) is 5.02 Å². The molecule has 0 saturated carbocycles. The standard InChI is InChI=1S/C14H18ClN5O/c1-4-20(5-2)13-17-12(16)18-14(19-13)21-11-8-10(15)7-6-9(11)3/h6-8H,4-5H2,1-3H3,(H2,16,17,18,19). The molecule has 0 aliphatic heterocycles. The molecule has 0 bridgehead atoms. The Kier molecular flexibility index (Phi) is 4.80. The summed E-state index contributed by atoms with van der Waals surface area (Å²) in [6.45, 7) is 7.50. The van der Waals surface area contributed by atoms with Crippen molar-refractivity contribution < 1.29 is 4.74 Å². The lowest BCUT2D eigenvalue weighted by Gasteiger charge is -2.18. The monoisotopic (exact) mass is 307 g/mol. The predicted octanol–water partition coefficient (Wildman–Crippen LogP) is 3.05. The minimum absolute atomic E-state index is 0.126. The van der Waals surface area contributed by atoms with Gasteiger partial charge in [-0.25, -0.2) is 0 Å². The summed E-state index contributed by atoms with van der Waals surface area (Å²) in [5.41, 5.74) is 6.67. The van der Waals surface area contributed by atoms with Gasteiger partial charge in [-0.1, -0.05) is 17.7 Å². The molecule has 0 saturated heterocycles. The van der Waals surface area contributed by atoms with E-state index < -0.39 is 0 Å². The lowest BCUT2D eigenvalue weighted by molar-refractivity contribution is 0.437. The van der Waals surface area contributed by atoms with Crippen LogP contribution in [0.5, 0.6) is 11.8 Å². The van der Waals surface area contributed by atoms with Crippen molar-refractivity contribution in [2.24, 2.45) is 0 Å². The third-order valence-electron chi connectivity index (χ3n) is 3.02. The van der Waals surface area contributed by atoms with Crippen molar-refractivity contribution in [3.8, 4) is 11.8 Å². The number of hydrogen-bond acceptors (Lipinski definition) is 6.